The molecule has 5 heteroatoms. The number of anilines is 1. The smallest absolute Gasteiger partial charge is 0.275 e. The average Bonchev–Trinajstić information content (AvgIpc) is 2.38. The fraction of sp³-hybridized carbons (Fsp3) is 0.200. The zero-order valence-corrected chi connectivity index (χ0v) is 11.6. The van der Waals surface area contributed by atoms with E-state index >= 15 is 0 Å². The summed E-state index contributed by atoms with van der Waals surface area (Å²) in [5, 5.41) is 10.8. The molecule has 0 saturated carbocycles. The molecular weight excluding hydrogens is 256 g/mol. The van der Waals surface area contributed by atoms with Gasteiger partial charge in [0.25, 0.3) is 5.69 Å². The quantitative estimate of drug-likeness (QED) is 0.522. The molecular formula is C15H16N2O3. The van der Waals surface area contributed by atoms with Crippen LogP contribution in [0.1, 0.15) is 16.7 Å². The molecule has 0 amide bonds. The molecule has 2 aromatic rings. The lowest BCUT2D eigenvalue weighted by molar-refractivity contribution is -0.384. The van der Waals surface area contributed by atoms with Crippen molar-refractivity contribution in [3.05, 3.63) is 57.1 Å². The van der Waals surface area contributed by atoms with Crippen molar-refractivity contribution in [1.29, 1.82) is 0 Å². The number of nitrogen functional groups attached to an aromatic ring is 1. The third-order valence-corrected chi connectivity index (χ3v) is 3.22. The molecule has 0 fully saturated rings. The van der Waals surface area contributed by atoms with Crippen LogP contribution in [0, 0.1) is 30.9 Å². The van der Waals surface area contributed by atoms with Gasteiger partial charge < -0.3 is 10.5 Å². The lowest BCUT2D eigenvalue weighted by Gasteiger charge is -2.13. The Balaban J connectivity index is 2.45. The van der Waals surface area contributed by atoms with Gasteiger partial charge in [0, 0.05) is 17.8 Å². The number of nitro benzene ring substituents is 1. The largest absolute Gasteiger partial charge is 0.456 e. The third-order valence-electron chi connectivity index (χ3n) is 3.22. The first-order chi connectivity index (χ1) is 9.38. The van der Waals surface area contributed by atoms with Gasteiger partial charge in [0.05, 0.1) is 11.0 Å². The maximum absolute atomic E-state index is 10.8. The molecule has 2 aromatic carbocycles. The normalized spacial score (nSPS) is 10.3. The Bertz CT molecular complexity index is 681. The number of nitro groups is 1. The number of nitrogens with two attached hydrogens (primary N) is 1. The zero-order valence-electron chi connectivity index (χ0n) is 11.6. The molecule has 104 valence electrons. The number of rotatable bonds is 3. The number of hydrogen-bond acceptors (Lipinski definition) is 4. The monoisotopic (exact) mass is 272 g/mol. The Morgan fingerprint density at radius 3 is 2.40 bits per heavy atom. The van der Waals surface area contributed by atoms with Gasteiger partial charge in [0.2, 0.25) is 0 Å². The highest BCUT2D eigenvalue weighted by Crippen LogP contribution is 2.33. The van der Waals surface area contributed by atoms with Gasteiger partial charge in [-0.3, -0.25) is 10.1 Å². The summed E-state index contributed by atoms with van der Waals surface area (Å²) in [6, 6.07) is 8.23. The molecule has 0 atom stereocenters. The van der Waals surface area contributed by atoms with Crippen molar-refractivity contribution in [2.45, 2.75) is 20.8 Å². The van der Waals surface area contributed by atoms with Crippen LogP contribution in [-0.4, -0.2) is 4.92 Å². The summed E-state index contributed by atoms with van der Waals surface area (Å²) < 4.78 is 5.81. The lowest BCUT2D eigenvalue weighted by Crippen LogP contribution is -1.96. The number of hydrogen-bond donors (Lipinski definition) is 1. The SMILES string of the molecule is Cc1ccc(C)c(Oc2cc(N)cc([N+](=O)[O-])c2)c1C. The molecule has 0 aliphatic heterocycles. The van der Waals surface area contributed by atoms with E-state index in [1.165, 1.54) is 12.1 Å². The minimum Gasteiger partial charge on any atom is -0.456 e. The average molecular weight is 272 g/mol. The fourth-order valence-electron chi connectivity index (χ4n) is 1.97. The van der Waals surface area contributed by atoms with E-state index in [-0.39, 0.29) is 5.69 Å². The van der Waals surface area contributed by atoms with E-state index in [2.05, 4.69) is 0 Å². The van der Waals surface area contributed by atoms with Gasteiger partial charge in [-0.05, 0) is 37.5 Å². The summed E-state index contributed by atoms with van der Waals surface area (Å²) in [4.78, 5) is 10.4. The van der Waals surface area contributed by atoms with Crippen LogP contribution >= 0.6 is 0 Å². The van der Waals surface area contributed by atoms with Crippen LogP contribution in [0.3, 0.4) is 0 Å². The Labute approximate surface area is 117 Å². The molecule has 0 bridgehead atoms. The van der Waals surface area contributed by atoms with E-state index in [1.807, 2.05) is 32.9 Å². The van der Waals surface area contributed by atoms with E-state index in [0.29, 0.717) is 17.2 Å². The van der Waals surface area contributed by atoms with Gasteiger partial charge in [-0.15, -0.1) is 0 Å². The Kier molecular flexibility index (Phi) is 3.61. The summed E-state index contributed by atoms with van der Waals surface area (Å²) in [6.45, 7) is 5.88. The van der Waals surface area contributed by atoms with Crippen LogP contribution in [-0.2, 0) is 0 Å². The minimum absolute atomic E-state index is 0.0806. The number of aryl methyl sites for hydroxylation is 2. The first kappa shape index (κ1) is 13.9. The third kappa shape index (κ3) is 2.71. The van der Waals surface area contributed by atoms with Crippen molar-refractivity contribution in [2.24, 2.45) is 0 Å². The Hall–Kier alpha value is -2.56. The van der Waals surface area contributed by atoms with E-state index < -0.39 is 4.92 Å². The number of non-ortho nitro benzene ring substituents is 1. The maximum Gasteiger partial charge on any atom is 0.275 e. The summed E-state index contributed by atoms with van der Waals surface area (Å²) in [5.41, 5.74) is 8.98. The van der Waals surface area contributed by atoms with Gasteiger partial charge in [-0.25, -0.2) is 0 Å². The van der Waals surface area contributed by atoms with Crippen molar-refractivity contribution in [2.75, 3.05) is 5.73 Å². The fourth-order valence-corrected chi connectivity index (χ4v) is 1.97. The maximum atomic E-state index is 10.8. The van der Waals surface area contributed by atoms with Crippen molar-refractivity contribution >= 4 is 11.4 Å². The van der Waals surface area contributed by atoms with Crippen molar-refractivity contribution < 1.29 is 9.66 Å². The summed E-state index contributed by atoms with van der Waals surface area (Å²) in [6.07, 6.45) is 0. The van der Waals surface area contributed by atoms with Crippen LogP contribution < -0.4 is 10.5 Å². The molecule has 0 spiro atoms. The first-order valence-electron chi connectivity index (χ1n) is 6.18. The van der Waals surface area contributed by atoms with Crippen molar-refractivity contribution in [3.63, 3.8) is 0 Å². The van der Waals surface area contributed by atoms with Gasteiger partial charge in [0.15, 0.2) is 0 Å². The van der Waals surface area contributed by atoms with E-state index in [4.69, 9.17) is 10.5 Å². The van der Waals surface area contributed by atoms with Gasteiger partial charge in [-0.1, -0.05) is 12.1 Å². The molecule has 0 aromatic heterocycles. The molecule has 0 aliphatic carbocycles. The molecule has 20 heavy (non-hydrogen) atoms. The Morgan fingerprint density at radius 1 is 1.10 bits per heavy atom. The van der Waals surface area contributed by atoms with Gasteiger partial charge in [-0.2, -0.15) is 0 Å². The van der Waals surface area contributed by atoms with Crippen LogP contribution in [0.2, 0.25) is 0 Å². The van der Waals surface area contributed by atoms with Gasteiger partial charge in [0.1, 0.15) is 11.5 Å². The second-order valence-corrected chi connectivity index (χ2v) is 4.77. The second-order valence-electron chi connectivity index (χ2n) is 4.77. The summed E-state index contributed by atoms with van der Waals surface area (Å²) in [7, 11) is 0. The molecule has 0 unspecified atom stereocenters. The second kappa shape index (κ2) is 5.21. The first-order valence-corrected chi connectivity index (χ1v) is 6.18. The highest BCUT2D eigenvalue weighted by molar-refractivity contribution is 5.55. The topological polar surface area (TPSA) is 78.4 Å². The van der Waals surface area contributed by atoms with Crippen LogP contribution in [0.4, 0.5) is 11.4 Å². The zero-order chi connectivity index (χ0) is 14.9. The van der Waals surface area contributed by atoms with Crippen molar-refractivity contribution in [3.8, 4) is 11.5 Å². The van der Waals surface area contributed by atoms with E-state index in [0.717, 1.165) is 16.7 Å². The molecule has 0 radical (unpaired) electrons. The highest BCUT2D eigenvalue weighted by Gasteiger charge is 2.12. The predicted octanol–water partition coefficient (Wildman–Crippen LogP) is 3.89. The number of nitrogens with zero attached hydrogens (tertiary/aromatic N) is 1. The standard InChI is InChI=1S/C15H16N2O3/c1-9-4-5-10(2)15(11(9)3)20-14-7-12(16)6-13(8-14)17(18)19/h4-8H,16H2,1-3H3. The summed E-state index contributed by atoms with van der Waals surface area (Å²) in [5.74, 6) is 1.08. The minimum atomic E-state index is -0.487. The predicted molar refractivity (Wildman–Crippen MR) is 78.2 cm³/mol. The van der Waals surface area contributed by atoms with Crippen molar-refractivity contribution in [1.82, 2.24) is 0 Å². The molecule has 2 N–H and O–H groups in total. The van der Waals surface area contributed by atoms with Crippen LogP contribution in [0.15, 0.2) is 30.3 Å². The van der Waals surface area contributed by atoms with Crippen LogP contribution in [0.25, 0.3) is 0 Å². The highest BCUT2D eigenvalue weighted by atomic mass is 16.6. The number of benzene rings is 2. The van der Waals surface area contributed by atoms with E-state index in [1.54, 1.807) is 6.07 Å². The molecule has 0 heterocycles. The molecule has 0 aliphatic rings. The molecule has 2 rings (SSSR count). The number of ether oxygens (including phenoxy) is 1. The van der Waals surface area contributed by atoms with E-state index in [9.17, 15) is 10.1 Å². The molecule has 5 nitrogen and oxygen atoms in total. The summed E-state index contributed by atoms with van der Waals surface area (Å²) >= 11 is 0. The Morgan fingerprint density at radius 2 is 1.75 bits per heavy atom. The van der Waals surface area contributed by atoms with Crippen LogP contribution in [0.5, 0.6) is 11.5 Å². The molecule has 0 saturated heterocycles. The van der Waals surface area contributed by atoms with Gasteiger partial charge >= 0.3 is 0 Å². The lowest BCUT2D eigenvalue weighted by atomic mass is 10.1.